The van der Waals surface area contributed by atoms with Crippen molar-refractivity contribution in [3.05, 3.63) is 0 Å². The summed E-state index contributed by atoms with van der Waals surface area (Å²) in [7, 11) is 0. The normalized spacial score (nSPS) is 3.43. The van der Waals surface area contributed by atoms with Gasteiger partial charge in [-0.15, -0.1) is 0 Å². The fourth-order valence-corrected chi connectivity index (χ4v) is 0. The van der Waals surface area contributed by atoms with Gasteiger partial charge in [0.05, 0.1) is 0 Å². The van der Waals surface area contributed by atoms with Crippen LogP contribution in [-0.2, 0) is 0 Å². The molecule has 32 valence electrons. The van der Waals surface area contributed by atoms with Gasteiger partial charge >= 0.3 is 83.2 Å². The first-order valence-electron chi connectivity index (χ1n) is 0.612. The maximum atomic E-state index is 8.33. The minimum atomic E-state index is -2.33. The second-order valence-corrected chi connectivity index (χ2v) is 0.250. The molecular formula is CCaClO3Sr+. The first-order chi connectivity index (χ1) is 1.73. The molecule has 0 aliphatic heterocycles. The Kier molecular flexibility index (Phi) is 51.3. The van der Waals surface area contributed by atoms with Crippen molar-refractivity contribution in [3.8, 4) is 0 Å². The molecule has 0 rings (SSSR count). The van der Waals surface area contributed by atoms with Crippen molar-refractivity contribution in [1.29, 1.82) is 0 Å². The summed E-state index contributed by atoms with van der Waals surface area (Å²) < 4.78 is 0. The first-order valence-corrected chi connectivity index (χ1v) is 0.612. The fraction of sp³-hybridized carbons (Fsp3) is 0. The van der Waals surface area contributed by atoms with E-state index in [9.17, 15) is 0 Å². The summed E-state index contributed by atoms with van der Waals surface area (Å²) in [5.41, 5.74) is 0. The third kappa shape index (κ3) is 62.3. The van der Waals surface area contributed by atoms with Crippen LogP contribution in [0.5, 0.6) is 0 Å². The number of rotatable bonds is 0. The molecule has 0 N–H and O–H groups in total. The molecule has 7 heavy (non-hydrogen) atoms. The van der Waals surface area contributed by atoms with Crippen LogP contribution in [0.15, 0.2) is 0 Å². The van der Waals surface area contributed by atoms with Crippen LogP contribution in [0.2, 0.25) is 0 Å². The Labute approximate surface area is 114 Å². The van der Waals surface area contributed by atoms with Gasteiger partial charge in [-0.25, -0.2) is 0 Å². The topological polar surface area (TPSA) is 63.2 Å². The first kappa shape index (κ1) is 22.8. The molecule has 0 bridgehead atoms. The van der Waals surface area contributed by atoms with Crippen LogP contribution in [0.3, 0.4) is 0 Å². The van der Waals surface area contributed by atoms with Crippen LogP contribution in [0.4, 0.5) is 4.79 Å². The van der Waals surface area contributed by atoms with E-state index in [4.69, 9.17) is 15.0 Å². The Morgan fingerprint density at radius 2 is 1.29 bits per heavy atom. The van der Waals surface area contributed by atoms with E-state index in [1.54, 1.807) is 0 Å². The summed E-state index contributed by atoms with van der Waals surface area (Å²) in [6, 6.07) is 0. The Bertz CT molecular complexity index is 37.9. The van der Waals surface area contributed by atoms with Gasteiger partial charge in [0.15, 0.2) is 0 Å². The van der Waals surface area contributed by atoms with Gasteiger partial charge in [0.1, 0.15) is 0 Å². The smallest absolute Gasteiger partial charge is 1.00 e. The van der Waals surface area contributed by atoms with Crippen molar-refractivity contribution in [3.63, 3.8) is 0 Å². The van der Waals surface area contributed by atoms with E-state index in [2.05, 4.69) is 0 Å². The molecule has 0 aromatic carbocycles. The summed E-state index contributed by atoms with van der Waals surface area (Å²) in [5.74, 6) is 0. The van der Waals surface area contributed by atoms with E-state index in [1.165, 1.54) is 0 Å². The Balaban J connectivity index is -0.0000000150. The molecule has 0 aromatic heterocycles. The number of carboxylic acid groups (broad SMARTS) is 2. The molecule has 0 unspecified atom stereocenters. The number of carbonyl (C=O) groups excluding carboxylic acids is 1. The molecule has 0 saturated carbocycles. The van der Waals surface area contributed by atoms with Gasteiger partial charge in [0.2, 0.25) is 0 Å². The average Bonchev–Trinajstić information content (AvgIpc) is 0.811. The second kappa shape index (κ2) is 15.7. The number of hydrogen-bond acceptors (Lipinski definition) is 3. The summed E-state index contributed by atoms with van der Waals surface area (Å²) in [5, 5.41) is 16.7. The maximum absolute atomic E-state index is 8.33. The Morgan fingerprint density at radius 1 is 1.29 bits per heavy atom. The number of halogens is 1. The molecule has 0 aromatic rings. The molecule has 0 saturated heterocycles. The number of hydrogen-bond donors (Lipinski definition) is 0. The second-order valence-electron chi connectivity index (χ2n) is 0.250. The third-order valence-electron chi connectivity index (χ3n) is 0. The zero-order chi connectivity index (χ0) is 3.58. The van der Waals surface area contributed by atoms with Crippen molar-refractivity contribution in [2.75, 3.05) is 0 Å². The molecule has 0 amide bonds. The Hall–Kier alpha value is 2.30. The largest absolute Gasteiger partial charge is 2.00 e. The molecule has 3 nitrogen and oxygen atoms in total. The van der Waals surface area contributed by atoms with Crippen molar-refractivity contribution >= 4 is 89.4 Å². The molecule has 6 heteroatoms. The molecule has 0 aliphatic carbocycles. The van der Waals surface area contributed by atoms with Crippen LogP contribution in [0, 0.1) is 0 Å². The molecule has 0 fully saturated rings. The zero-order valence-electron chi connectivity index (χ0n) is 3.52. The van der Waals surface area contributed by atoms with E-state index in [-0.39, 0.29) is 95.6 Å². The minimum Gasteiger partial charge on any atom is -1.00 e. The Morgan fingerprint density at radius 3 is 1.29 bits per heavy atom. The van der Waals surface area contributed by atoms with Crippen LogP contribution in [-0.4, -0.2) is 89.4 Å². The average molecular weight is 223 g/mol. The predicted octanol–water partition coefficient (Wildman–Crippen LogP) is -6.20. The molecule has 0 aliphatic rings. The summed E-state index contributed by atoms with van der Waals surface area (Å²) in [6.45, 7) is 0. The molecule has 0 heterocycles. The van der Waals surface area contributed by atoms with Gasteiger partial charge in [-0.2, -0.15) is 0 Å². The summed E-state index contributed by atoms with van der Waals surface area (Å²) in [6.07, 6.45) is -2.33. The number of carbonyl (C=O) groups is 1. The van der Waals surface area contributed by atoms with E-state index >= 15 is 0 Å². The SMILES string of the molecule is O=C([O-])[O-].[Ca+2].[Cl-].[Sr+2]. The van der Waals surface area contributed by atoms with Gasteiger partial charge < -0.3 is 27.4 Å². The molecular weight excluding hydrogens is 223 g/mol. The fourth-order valence-electron chi connectivity index (χ4n) is 0. The van der Waals surface area contributed by atoms with Gasteiger partial charge in [-0.1, -0.05) is 0 Å². The van der Waals surface area contributed by atoms with E-state index in [1.807, 2.05) is 0 Å². The van der Waals surface area contributed by atoms with Gasteiger partial charge in [-0.3, -0.25) is 0 Å². The molecule has 0 radical (unpaired) electrons. The van der Waals surface area contributed by atoms with Gasteiger partial charge in [0, 0.05) is 0 Å². The summed E-state index contributed by atoms with van der Waals surface area (Å²) >= 11 is 0. The summed E-state index contributed by atoms with van der Waals surface area (Å²) in [4.78, 5) is 8.33. The van der Waals surface area contributed by atoms with E-state index in [0.717, 1.165) is 0 Å². The molecule has 0 spiro atoms. The van der Waals surface area contributed by atoms with Crippen molar-refractivity contribution < 1.29 is 27.4 Å². The van der Waals surface area contributed by atoms with E-state index in [0.29, 0.717) is 0 Å². The maximum Gasteiger partial charge on any atom is 2.00 e. The molecule has 0 atom stereocenters. The van der Waals surface area contributed by atoms with Crippen molar-refractivity contribution in [2.45, 2.75) is 0 Å². The van der Waals surface area contributed by atoms with Gasteiger partial charge in [-0.05, 0) is 6.16 Å². The van der Waals surface area contributed by atoms with Crippen LogP contribution in [0.25, 0.3) is 0 Å². The van der Waals surface area contributed by atoms with Crippen molar-refractivity contribution in [1.82, 2.24) is 0 Å². The predicted molar refractivity (Wildman–Crippen MR) is 16.9 cm³/mol. The van der Waals surface area contributed by atoms with Crippen LogP contribution in [0.1, 0.15) is 0 Å². The van der Waals surface area contributed by atoms with Crippen molar-refractivity contribution in [2.24, 2.45) is 0 Å². The van der Waals surface area contributed by atoms with Crippen LogP contribution >= 0.6 is 0 Å². The minimum absolute atomic E-state index is 0. The van der Waals surface area contributed by atoms with Crippen LogP contribution < -0.4 is 22.6 Å². The standard InChI is InChI=1S/CH2O3.Ca.ClH.Sr/c2-1(3)4;;;/h(H2,2,3,4);;1H;/q;+2;;+2/p-3. The van der Waals surface area contributed by atoms with E-state index < -0.39 is 6.16 Å². The zero-order valence-corrected chi connectivity index (χ0v) is 9.96. The third-order valence-corrected chi connectivity index (χ3v) is 0. The van der Waals surface area contributed by atoms with Gasteiger partial charge in [0.25, 0.3) is 0 Å². The quantitative estimate of drug-likeness (QED) is 0.384. The monoisotopic (exact) mass is 223 g/mol.